The third-order valence-electron chi connectivity index (χ3n) is 1.38. The SMILES string of the molecule is C/C(C=O)=N\Nc1ccc(Br)cc1. The fourth-order valence-corrected chi connectivity index (χ4v) is 0.968. The molecule has 0 spiro atoms. The molecule has 0 amide bonds. The molecule has 0 saturated carbocycles. The van der Waals surface area contributed by atoms with E-state index >= 15 is 0 Å². The minimum atomic E-state index is 0.419. The molecule has 13 heavy (non-hydrogen) atoms. The first-order chi connectivity index (χ1) is 6.22. The quantitative estimate of drug-likeness (QED) is 0.501. The van der Waals surface area contributed by atoms with Crippen LogP contribution in [0, 0.1) is 0 Å². The number of hydrazone groups is 1. The van der Waals surface area contributed by atoms with Crippen molar-refractivity contribution in [2.75, 3.05) is 5.43 Å². The lowest BCUT2D eigenvalue weighted by atomic mass is 10.3. The number of hydrogen-bond donors (Lipinski definition) is 1. The van der Waals surface area contributed by atoms with E-state index in [1.165, 1.54) is 0 Å². The number of benzene rings is 1. The summed E-state index contributed by atoms with van der Waals surface area (Å²) in [6, 6.07) is 7.53. The van der Waals surface area contributed by atoms with Gasteiger partial charge in [0, 0.05) is 4.47 Å². The normalized spacial score (nSPS) is 11.1. The summed E-state index contributed by atoms with van der Waals surface area (Å²) in [5.41, 5.74) is 4.03. The lowest BCUT2D eigenvalue weighted by Crippen LogP contribution is -1.97. The molecule has 0 saturated heterocycles. The Morgan fingerprint density at radius 3 is 2.62 bits per heavy atom. The second kappa shape index (κ2) is 4.77. The van der Waals surface area contributed by atoms with E-state index in [9.17, 15) is 4.79 Å². The summed E-state index contributed by atoms with van der Waals surface area (Å²) in [6.45, 7) is 1.64. The summed E-state index contributed by atoms with van der Waals surface area (Å²) in [7, 11) is 0. The Balaban J connectivity index is 2.65. The van der Waals surface area contributed by atoms with E-state index in [0.717, 1.165) is 10.2 Å². The van der Waals surface area contributed by atoms with Crippen LogP contribution in [-0.2, 0) is 4.79 Å². The molecule has 0 aliphatic heterocycles. The Morgan fingerprint density at radius 1 is 1.46 bits per heavy atom. The molecule has 0 fully saturated rings. The van der Waals surface area contributed by atoms with Gasteiger partial charge in [-0.05, 0) is 31.2 Å². The van der Waals surface area contributed by atoms with Crippen molar-refractivity contribution in [3.05, 3.63) is 28.7 Å². The highest BCUT2D eigenvalue weighted by molar-refractivity contribution is 9.10. The molecule has 0 aliphatic rings. The van der Waals surface area contributed by atoms with Crippen LogP contribution >= 0.6 is 15.9 Å². The fourth-order valence-electron chi connectivity index (χ4n) is 0.704. The third kappa shape index (κ3) is 3.38. The molecule has 0 aromatic heterocycles. The Kier molecular flexibility index (Phi) is 3.64. The number of carbonyl (C=O) groups excluding carboxylic acids is 1. The Hall–Kier alpha value is -1.16. The van der Waals surface area contributed by atoms with Crippen LogP contribution in [0.4, 0.5) is 5.69 Å². The van der Waals surface area contributed by atoms with Gasteiger partial charge in [-0.2, -0.15) is 5.10 Å². The van der Waals surface area contributed by atoms with Crippen LogP contribution in [0.1, 0.15) is 6.92 Å². The molecule has 0 unspecified atom stereocenters. The molecule has 0 atom stereocenters. The number of nitrogens with zero attached hydrogens (tertiary/aromatic N) is 1. The van der Waals surface area contributed by atoms with Crippen molar-refractivity contribution in [2.24, 2.45) is 5.10 Å². The second-order valence-corrected chi connectivity index (χ2v) is 3.41. The van der Waals surface area contributed by atoms with Crippen molar-refractivity contribution in [1.82, 2.24) is 0 Å². The zero-order valence-electron chi connectivity index (χ0n) is 7.12. The summed E-state index contributed by atoms with van der Waals surface area (Å²) in [4.78, 5) is 10.2. The maximum absolute atomic E-state index is 10.2. The van der Waals surface area contributed by atoms with E-state index in [0.29, 0.717) is 12.0 Å². The highest BCUT2D eigenvalue weighted by Crippen LogP contribution is 2.13. The van der Waals surface area contributed by atoms with Gasteiger partial charge in [0.1, 0.15) is 0 Å². The van der Waals surface area contributed by atoms with Gasteiger partial charge in [0.2, 0.25) is 0 Å². The highest BCUT2D eigenvalue weighted by Gasteiger charge is 1.90. The van der Waals surface area contributed by atoms with Crippen LogP contribution in [0.15, 0.2) is 33.8 Å². The Morgan fingerprint density at radius 2 is 2.08 bits per heavy atom. The number of carbonyl (C=O) groups is 1. The number of anilines is 1. The van der Waals surface area contributed by atoms with Gasteiger partial charge in [0.15, 0.2) is 6.29 Å². The third-order valence-corrected chi connectivity index (χ3v) is 1.90. The number of aldehydes is 1. The predicted octanol–water partition coefficient (Wildman–Crippen LogP) is 2.44. The number of halogens is 1. The van der Waals surface area contributed by atoms with E-state index in [-0.39, 0.29) is 0 Å². The van der Waals surface area contributed by atoms with Gasteiger partial charge >= 0.3 is 0 Å². The van der Waals surface area contributed by atoms with Gasteiger partial charge in [-0.3, -0.25) is 10.2 Å². The van der Waals surface area contributed by atoms with E-state index in [1.54, 1.807) is 6.92 Å². The molecule has 0 bridgehead atoms. The van der Waals surface area contributed by atoms with Gasteiger partial charge < -0.3 is 0 Å². The molecular weight excluding hydrogens is 232 g/mol. The molecule has 3 nitrogen and oxygen atoms in total. The number of rotatable bonds is 3. The summed E-state index contributed by atoms with van der Waals surface area (Å²) in [5, 5.41) is 3.83. The number of hydrogen-bond acceptors (Lipinski definition) is 3. The minimum absolute atomic E-state index is 0.419. The largest absolute Gasteiger partial charge is 0.296 e. The monoisotopic (exact) mass is 240 g/mol. The first-order valence-electron chi connectivity index (χ1n) is 3.73. The zero-order valence-corrected chi connectivity index (χ0v) is 8.71. The average molecular weight is 241 g/mol. The zero-order chi connectivity index (χ0) is 9.68. The fraction of sp³-hybridized carbons (Fsp3) is 0.111. The average Bonchev–Trinajstić information content (AvgIpc) is 2.16. The van der Waals surface area contributed by atoms with Crippen molar-refractivity contribution in [2.45, 2.75) is 6.92 Å². The Bertz CT molecular complexity index is 319. The van der Waals surface area contributed by atoms with Crippen LogP contribution in [0.25, 0.3) is 0 Å². The first-order valence-corrected chi connectivity index (χ1v) is 4.52. The summed E-state index contributed by atoms with van der Waals surface area (Å²) < 4.78 is 1.01. The number of nitrogens with one attached hydrogen (secondary N) is 1. The maximum Gasteiger partial charge on any atom is 0.165 e. The summed E-state index contributed by atoms with van der Waals surface area (Å²) >= 11 is 3.32. The molecule has 1 rings (SSSR count). The maximum atomic E-state index is 10.2. The molecule has 0 aliphatic carbocycles. The van der Waals surface area contributed by atoms with Gasteiger partial charge in [-0.15, -0.1) is 0 Å². The summed E-state index contributed by atoms with van der Waals surface area (Å²) in [6.07, 6.45) is 0.700. The highest BCUT2D eigenvalue weighted by atomic mass is 79.9. The van der Waals surface area contributed by atoms with Crippen molar-refractivity contribution < 1.29 is 4.79 Å². The van der Waals surface area contributed by atoms with Gasteiger partial charge in [-0.25, -0.2) is 0 Å². The van der Waals surface area contributed by atoms with Crippen molar-refractivity contribution >= 4 is 33.6 Å². The van der Waals surface area contributed by atoms with Crippen LogP contribution in [0.5, 0.6) is 0 Å². The van der Waals surface area contributed by atoms with Gasteiger partial charge in [0.25, 0.3) is 0 Å². The molecule has 1 aromatic carbocycles. The van der Waals surface area contributed by atoms with Crippen LogP contribution in [0.2, 0.25) is 0 Å². The minimum Gasteiger partial charge on any atom is -0.296 e. The van der Waals surface area contributed by atoms with E-state index in [4.69, 9.17) is 0 Å². The second-order valence-electron chi connectivity index (χ2n) is 2.49. The van der Waals surface area contributed by atoms with Crippen molar-refractivity contribution in [1.29, 1.82) is 0 Å². The molecule has 1 aromatic rings. The lowest BCUT2D eigenvalue weighted by Gasteiger charge is -1.99. The lowest BCUT2D eigenvalue weighted by molar-refractivity contribution is -0.102. The molecule has 0 heterocycles. The van der Waals surface area contributed by atoms with E-state index in [1.807, 2.05) is 24.3 Å². The summed E-state index contributed by atoms with van der Waals surface area (Å²) in [5.74, 6) is 0. The van der Waals surface area contributed by atoms with Crippen LogP contribution in [0.3, 0.4) is 0 Å². The molecule has 68 valence electrons. The topological polar surface area (TPSA) is 41.5 Å². The van der Waals surface area contributed by atoms with E-state index in [2.05, 4.69) is 26.5 Å². The van der Waals surface area contributed by atoms with Gasteiger partial charge in [0.05, 0.1) is 11.4 Å². The molecule has 4 heteroatoms. The van der Waals surface area contributed by atoms with E-state index < -0.39 is 0 Å². The first kappa shape index (κ1) is 9.92. The molecular formula is C9H9BrN2O. The van der Waals surface area contributed by atoms with Crippen LogP contribution in [-0.4, -0.2) is 12.0 Å². The van der Waals surface area contributed by atoms with Gasteiger partial charge in [-0.1, -0.05) is 15.9 Å². The Labute approximate surface area is 85.0 Å². The smallest absolute Gasteiger partial charge is 0.165 e. The molecule has 0 radical (unpaired) electrons. The van der Waals surface area contributed by atoms with Crippen molar-refractivity contribution in [3.63, 3.8) is 0 Å². The van der Waals surface area contributed by atoms with Crippen molar-refractivity contribution in [3.8, 4) is 0 Å². The predicted molar refractivity (Wildman–Crippen MR) is 56.9 cm³/mol. The molecule has 1 N–H and O–H groups in total. The standard InChI is InChI=1S/C9H9BrN2O/c1-7(6-13)11-12-9-4-2-8(10)3-5-9/h2-6,12H,1H3/b11-7+. The van der Waals surface area contributed by atoms with Crippen LogP contribution < -0.4 is 5.43 Å².